The highest BCUT2D eigenvalue weighted by molar-refractivity contribution is 5.94. The van der Waals surface area contributed by atoms with Crippen LogP contribution < -0.4 is 10.9 Å². The fraction of sp³-hybridized carbons (Fsp3) is 0.0870. The second-order valence-corrected chi connectivity index (χ2v) is 6.69. The molecule has 0 saturated carbocycles. The van der Waals surface area contributed by atoms with Crippen LogP contribution in [0, 0.1) is 11.3 Å². The van der Waals surface area contributed by atoms with Crippen molar-refractivity contribution in [3.8, 4) is 17.2 Å². The van der Waals surface area contributed by atoms with Gasteiger partial charge in [-0.3, -0.25) is 9.59 Å². The molecule has 0 bridgehead atoms. The molecular formula is C23H18N4O2. The van der Waals surface area contributed by atoms with E-state index < -0.39 is 0 Å². The number of rotatable bonds is 5. The third kappa shape index (κ3) is 3.80. The normalized spacial score (nSPS) is 10.6. The van der Waals surface area contributed by atoms with Crippen LogP contribution in [0.3, 0.4) is 0 Å². The van der Waals surface area contributed by atoms with Crippen LogP contribution in [0.1, 0.15) is 21.5 Å². The molecule has 0 atom stereocenters. The molecule has 0 aliphatic rings. The highest BCUT2D eigenvalue weighted by Crippen LogP contribution is 2.19. The second kappa shape index (κ2) is 7.87. The van der Waals surface area contributed by atoms with Crippen molar-refractivity contribution in [2.24, 2.45) is 0 Å². The molecule has 4 aromatic rings. The molecule has 4 rings (SSSR count). The number of aromatic amines is 2. The van der Waals surface area contributed by atoms with Crippen molar-refractivity contribution >= 4 is 16.8 Å². The van der Waals surface area contributed by atoms with Gasteiger partial charge in [-0.1, -0.05) is 18.2 Å². The Morgan fingerprint density at radius 3 is 2.66 bits per heavy atom. The second-order valence-electron chi connectivity index (χ2n) is 6.69. The Morgan fingerprint density at radius 2 is 1.90 bits per heavy atom. The molecule has 6 nitrogen and oxygen atoms in total. The van der Waals surface area contributed by atoms with Gasteiger partial charge < -0.3 is 15.3 Å². The average Bonchev–Trinajstić information content (AvgIpc) is 3.16. The average molecular weight is 382 g/mol. The molecule has 3 N–H and O–H groups in total. The van der Waals surface area contributed by atoms with Crippen LogP contribution in [-0.2, 0) is 6.42 Å². The minimum atomic E-state index is -0.168. The summed E-state index contributed by atoms with van der Waals surface area (Å²) in [6.07, 6.45) is 3.95. The van der Waals surface area contributed by atoms with Gasteiger partial charge in [0, 0.05) is 41.0 Å². The van der Waals surface area contributed by atoms with E-state index in [0.29, 0.717) is 29.7 Å². The fourth-order valence-electron chi connectivity index (χ4n) is 3.29. The summed E-state index contributed by atoms with van der Waals surface area (Å²) in [6.45, 7) is 0.483. The SMILES string of the molecule is N#Cc1c[nH]c2ccc(CCNC(=O)c3ccc(-c4ccc[nH]c4=O)cc3)cc12. The van der Waals surface area contributed by atoms with Gasteiger partial charge in [-0.05, 0) is 53.9 Å². The molecule has 29 heavy (non-hydrogen) atoms. The van der Waals surface area contributed by atoms with E-state index in [1.807, 2.05) is 18.2 Å². The van der Waals surface area contributed by atoms with Crippen molar-refractivity contribution in [2.45, 2.75) is 6.42 Å². The van der Waals surface area contributed by atoms with Gasteiger partial charge in [0.25, 0.3) is 11.5 Å². The van der Waals surface area contributed by atoms with Gasteiger partial charge in [0.15, 0.2) is 0 Å². The molecule has 2 aromatic carbocycles. The lowest BCUT2D eigenvalue weighted by molar-refractivity contribution is 0.0954. The van der Waals surface area contributed by atoms with Crippen molar-refractivity contribution in [2.75, 3.05) is 6.54 Å². The molecule has 142 valence electrons. The zero-order valence-corrected chi connectivity index (χ0v) is 15.5. The van der Waals surface area contributed by atoms with Crippen LogP contribution in [0.15, 0.2) is 71.8 Å². The van der Waals surface area contributed by atoms with Gasteiger partial charge in [-0.15, -0.1) is 0 Å². The zero-order valence-electron chi connectivity index (χ0n) is 15.5. The quantitative estimate of drug-likeness (QED) is 0.493. The maximum atomic E-state index is 12.4. The molecule has 0 unspecified atom stereocenters. The lowest BCUT2D eigenvalue weighted by Crippen LogP contribution is -2.25. The van der Waals surface area contributed by atoms with Gasteiger partial charge in [-0.25, -0.2) is 0 Å². The van der Waals surface area contributed by atoms with Gasteiger partial charge in [0.1, 0.15) is 6.07 Å². The maximum absolute atomic E-state index is 12.4. The van der Waals surface area contributed by atoms with Crippen molar-refractivity contribution in [3.05, 3.63) is 94.0 Å². The number of H-pyrrole nitrogens is 2. The smallest absolute Gasteiger partial charge is 0.255 e. The number of hydrogen-bond acceptors (Lipinski definition) is 3. The number of aromatic nitrogens is 2. The predicted octanol–water partition coefficient (Wildman–Crippen LogP) is 3.37. The summed E-state index contributed by atoms with van der Waals surface area (Å²) in [4.78, 5) is 30.0. The molecule has 6 heteroatoms. The number of hydrogen-bond donors (Lipinski definition) is 3. The zero-order chi connectivity index (χ0) is 20.2. The Hall–Kier alpha value is -4.11. The van der Waals surface area contributed by atoms with Crippen LogP contribution in [-0.4, -0.2) is 22.4 Å². The van der Waals surface area contributed by atoms with E-state index in [2.05, 4.69) is 21.4 Å². The van der Waals surface area contributed by atoms with Crippen molar-refractivity contribution in [3.63, 3.8) is 0 Å². The summed E-state index contributed by atoms with van der Waals surface area (Å²) in [5.74, 6) is -0.168. The molecule has 0 radical (unpaired) electrons. The van der Waals surface area contributed by atoms with Gasteiger partial charge >= 0.3 is 0 Å². The van der Waals surface area contributed by atoms with Crippen LogP contribution in [0.4, 0.5) is 0 Å². The highest BCUT2D eigenvalue weighted by Gasteiger charge is 2.08. The predicted molar refractivity (Wildman–Crippen MR) is 112 cm³/mol. The summed E-state index contributed by atoms with van der Waals surface area (Å²) in [7, 11) is 0. The molecule has 0 saturated heterocycles. The monoisotopic (exact) mass is 382 g/mol. The molecule has 0 fully saturated rings. The fourth-order valence-corrected chi connectivity index (χ4v) is 3.29. The first-order valence-electron chi connectivity index (χ1n) is 9.22. The molecule has 0 aliphatic heterocycles. The molecule has 0 aliphatic carbocycles. The van der Waals surface area contributed by atoms with Gasteiger partial charge in [-0.2, -0.15) is 5.26 Å². The summed E-state index contributed by atoms with van der Waals surface area (Å²) in [5, 5.41) is 13.0. The number of nitrogens with zero attached hydrogens (tertiary/aromatic N) is 1. The van der Waals surface area contributed by atoms with E-state index >= 15 is 0 Å². The Labute approximate surface area is 166 Å². The third-order valence-corrected chi connectivity index (χ3v) is 4.84. The van der Waals surface area contributed by atoms with Gasteiger partial charge in [0.05, 0.1) is 5.56 Å². The first kappa shape index (κ1) is 18.3. The Bertz CT molecular complexity index is 1280. The summed E-state index contributed by atoms with van der Waals surface area (Å²) < 4.78 is 0. The standard InChI is InChI=1S/C23H18N4O2/c24-13-18-14-27-21-8-3-15(12-20(18)21)9-11-26-22(28)17-6-4-16(5-7-17)19-2-1-10-25-23(19)29/h1-8,10,12,14,27H,9,11H2,(H,25,29)(H,26,28). The minimum Gasteiger partial charge on any atom is -0.360 e. The minimum absolute atomic E-state index is 0.163. The van der Waals surface area contributed by atoms with Crippen LogP contribution >= 0.6 is 0 Å². The molecule has 0 spiro atoms. The number of nitrogens with one attached hydrogen (secondary N) is 3. The van der Waals surface area contributed by atoms with E-state index in [9.17, 15) is 9.59 Å². The van der Waals surface area contributed by atoms with E-state index in [-0.39, 0.29) is 11.5 Å². The summed E-state index contributed by atoms with van der Waals surface area (Å²) in [5.41, 5.74) is 4.29. The van der Waals surface area contributed by atoms with Gasteiger partial charge in [0.2, 0.25) is 0 Å². The summed E-state index contributed by atoms with van der Waals surface area (Å²) >= 11 is 0. The first-order valence-corrected chi connectivity index (χ1v) is 9.22. The summed E-state index contributed by atoms with van der Waals surface area (Å²) in [6, 6.07) is 18.5. The molecule has 1 amide bonds. The topological polar surface area (TPSA) is 102 Å². The van der Waals surface area contributed by atoms with E-state index in [4.69, 9.17) is 5.26 Å². The lowest BCUT2D eigenvalue weighted by atomic mass is 10.0. The number of benzene rings is 2. The number of fused-ring (bicyclic) bond motifs is 1. The van der Waals surface area contributed by atoms with E-state index in [1.165, 1.54) is 0 Å². The Morgan fingerprint density at radius 1 is 1.07 bits per heavy atom. The van der Waals surface area contributed by atoms with Crippen molar-refractivity contribution < 1.29 is 4.79 Å². The van der Waals surface area contributed by atoms with Crippen LogP contribution in [0.25, 0.3) is 22.0 Å². The number of amides is 1. The van der Waals surface area contributed by atoms with E-state index in [1.54, 1.807) is 48.8 Å². The van der Waals surface area contributed by atoms with Crippen molar-refractivity contribution in [1.82, 2.24) is 15.3 Å². The highest BCUT2D eigenvalue weighted by atomic mass is 16.1. The number of nitriles is 1. The van der Waals surface area contributed by atoms with Crippen LogP contribution in [0.2, 0.25) is 0 Å². The van der Waals surface area contributed by atoms with E-state index in [0.717, 1.165) is 22.0 Å². The Balaban J connectivity index is 1.39. The largest absolute Gasteiger partial charge is 0.360 e. The number of pyridine rings is 1. The van der Waals surface area contributed by atoms with Crippen LogP contribution in [0.5, 0.6) is 0 Å². The molecule has 2 heterocycles. The maximum Gasteiger partial charge on any atom is 0.255 e. The number of carbonyl (C=O) groups excluding carboxylic acids is 1. The third-order valence-electron chi connectivity index (χ3n) is 4.84. The lowest BCUT2D eigenvalue weighted by Gasteiger charge is -2.07. The first-order chi connectivity index (χ1) is 14.2. The number of carbonyl (C=O) groups is 1. The van der Waals surface area contributed by atoms with Crippen molar-refractivity contribution in [1.29, 1.82) is 5.26 Å². The Kier molecular flexibility index (Phi) is 4.95. The molecular weight excluding hydrogens is 364 g/mol. The molecule has 2 aromatic heterocycles.